The van der Waals surface area contributed by atoms with Crippen LogP contribution in [0.25, 0.3) is 22.6 Å². The van der Waals surface area contributed by atoms with Gasteiger partial charge in [0.2, 0.25) is 0 Å². The summed E-state index contributed by atoms with van der Waals surface area (Å²) < 4.78 is 8.22. The van der Waals surface area contributed by atoms with Crippen LogP contribution in [0.4, 0.5) is 5.69 Å². The lowest BCUT2D eigenvalue weighted by atomic mass is 10.0. The first kappa shape index (κ1) is 20.1. The average molecular weight is 423 g/mol. The van der Waals surface area contributed by atoms with Crippen molar-refractivity contribution in [3.05, 3.63) is 95.2 Å². The average Bonchev–Trinajstić information content (AvgIpc) is 3.27. The molecule has 0 radical (unpaired) electrons. The molecule has 0 aliphatic carbocycles. The van der Waals surface area contributed by atoms with Gasteiger partial charge in [-0.25, -0.2) is 0 Å². The van der Waals surface area contributed by atoms with E-state index in [1.807, 2.05) is 55.6 Å². The summed E-state index contributed by atoms with van der Waals surface area (Å²) in [5.41, 5.74) is 7.34. The number of nitrogens with zero attached hydrogens (tertiary/aromatic N) is 2. The van der Waals surface area contributed by atoms with Crippen molar-refractivity contribution in [1.29, 1.82) is 0 Å². The zero-order valence-electron chi connectivity index (χ0n) is 18.6. The molecule has 1 aliphatic heterocycles. The standard InChI is InChI=1S/C28H26N2O2/c1-19-12-13-22(16-20(19)2)32-15-14-30-18-21(23-8-4-7-11-27(23)30)17-25-24-9-5-6-10-26(24)29(3)28(25)31/h4-13,16-18H,14-15H2,1-3H3. The molecule has 1 aliphatic rings. The molecule has 1 amide bonds. The molecule has 0 saturated heterocycles. The first-order valence-electron chi connectivity index (χ1n) is 10.9. The number of ether oxygens (including phenoxy) is 1. The molecule has 4 nitrogen and oxygen atoms in total. The molecule has 4 heteroatoms. The van der Waals surface area contributed by atoms with Crippen LogP contribution < -0.4 is 9.64 Å². The third kappa shape index (κ3) is 3.48. The van der Waals surface area contributed by atoms with Gasteiger partial charge in [0, 0.05) is 40.8 Å². The van der Waals surface area contributed by atoms with Crippen LogP contribution in [0.2, 0.25) is 0 Å². The molecule has 4 aromatic rings. The first-order valence-corrected chi connectivity index (χ1v) is 10.9. The maximum Gasteiger partial charge on any atom is 0.258 e. The Morgan fingerprint density at radius 3 is 2.56 bits per heavy atom. The minimum absolute atomic E-state index is 0.0288. The summed E-state index contributed by atoms with van der Waals surface area (Å²) in [6, 6.07) is 22.4. The second-order valence-electron chi connectivity index (χ2n) is 8.33. The molecule has 0 fully saturated rings. The zero-order valence-corrected chi connectivity index (χ0v) is 18.6. The van der Waals surface area contributed by atoms with Gasteiger partial charge in [-0.2, -0.15) is 0 Å². The van der Waals surface area contributed by atoms with Gasteiger partial charge in [-0.3, -0.25) is 4.79 Å². The van der Waals surface area contributed by atoms with E-state index in [2.05, 4.69) is 48.9 Å². The summed E-state index contributed by atoms with van der Waals surface area (Å²) in [5.74, 6) is 0.921. The molecule has 0 atom stereocenters. The molecular weight excluding hydrogens is 396 g/mol. The number of hydrogen-bond donors (Lipinski definition) is 0. The molecule has 0 N–H and O–H groups in total. The van der Waals surface area contributed by atoms with Crippen molar-refractivity contribution >= 4 is 34.1 Å². The minimum atomic E-state index is 0.0288. The molecule has 160 valence electrons. The molecule has 2 heterocycles. The van der Waals surface area contributed by atoms with Crippen molar-refractivity contribution in [2.45, 2.75) is 20.4 Å². The van der Waals surface area contributed by atoms with E-state index in [1.165, 1.54) is 11.1 Å². The monoisotopic (exact) mass is 422 g/mol. The van der Waals surface area contributed by atoms with E-state index >= 15 is 0 Å². The van der Waals surface area contributed by atoms with Gasteiger partial charge in [0.1, 0.15) is 12.4 Å². The van der Waals surface area contributed by atoms with Crippen molar-refractivity contribution in [3.8, 4) is 5.75 Å². The zero-order chi connectivity index (χ0) is 22.2. The summed E-state index contributed by atoms with van der Waals surface area (Å²) >= 11 is 0. The normalized spacial score (nSPS) is 14.4. The minimum Gasteiger partial charge on any atom is -0.492 e. The number of amides is 1. The van der Waals surface area contributed by atoms with Crippen LogP contribution in [0.3, 0.4) is 0 Å². The number of likely N-dealkylation sites (N-methyl/N-ethyl adjacent to an activating group) is 1. The number of para-hydroxylation sites is 2. The Morgan fingerprint density at radius 1 is 0.938 bits per heavy atom. The lowest BCUT2D eigenvalue weighted by molar-refractivity contribution is -0.112. The van der Waals surface area contributed by atoms with Crippen LogP contribution in [0, 0.1) is 13.8 Å². The Bertz CT molecular complexity index is 1360. The second-order valence-corrected chi connectivity index (χ2v) is 8.33. The summed E-state index contributed by atoms with van der Waals surface area (Å²) in [5, 5.41) is 1.13. The van der Waals surface area contributed by atoms with Crippen LogP contribution in [-0.2, 0) is 11.3 Å². The number of benzene rings is 3. The Hall–Kier alpha value is -3.79. The van der Waals surface area contributed by atoms with E-state index in [1.54, 1.807) is 4.90 Å². The van der Waals surface area contributed by atoms with Gasteiger partial charge >= 0.3 is 0 Å². The second kappa shape index (κ2) is 8.04. The molecular formula is C28H26N2O2. The molecule has 1 aromatic heterocycles. The van der Waals surface area contributed by atoms with Crippen molar-refractivity contribution < 1.29 is 9.53 Å². The predicted molar refractivity (Wildman–Crippen MR) is 131 cm³/mol. The van der Waals surface area contributed by atoms with Gasteiger partial charge in [-0.15, -0.1) is 0 Å². The van der Waals surface area contributed by atoms with E-state index in [0.717, 1.165) is 45.6 Å². The fourth-order valence-electron chi connectivity index (χ4n) is 4.33. The number of anilines is 1. The highest BCUT2D eigenvalue weighted by Crippen LogP contribution is 2.37. The largest absolute Gasteiger partial charge is 0.492 e. The summed E-state index contributed by atoms with van der Waals surface area (Å²) in [6.07, 6.45) is 4.14. The van der Waals surface area contributed by atoms with Gasteiger partial charge in [0.05, 0.1) is 12.2 Å². The molecule has 0 bridgehead atoms. The van der Waals surface area contributed by atoms with Crippen LogP contribution >= 0.6 is 0 Å². The smallest absolute Gasteiger partial charge is 0.258 e. The number of aromatic nitrogens is 1. The van der Waals surface area contributed by atoms with E-state index < -0.39 is 0 Å². The first-order chi connectivity index (χ1) is 15.5. The molecule has 0 saturated carbocycles. The third-order valence-corrected chi connectivity index (χ3v) is 6.29. The highest BCUT2D eigenvalue weighted by molar-refractivity contribution is 6.36. The maximum atomic E-state index is 12.9. The maximum absolute atomic E-state index is 12.9. The number of aryl methyl sites for hydroxylation is 2. The molecule has 32 heavy (non-hydrogen) atoms. The Balaban J connectivity index is 1.45. The van der Waals surface area contributed by atoms with Gasteiger partial charge < -0.3 is 14.2 Å². The van der Waals surface area contributed by atoms with Gasteiger partial charge in [-0.05, 0) is 55.3 Å². The van der Waals surface area contributed by atoms with E-state index in [9.17, 15) is 4.79 Å². The van der Waals surface area contributed by atoms with Gasteiger partial charge in [0.15, 0.2) is 0 Å². The summed E-state index contributed by atoms with van der Waals surface area (Å²) in [4.78, 5) is 14.6. The van der Waals surface area contributed by atoms with Crippen LogP contribution in [0.1, 0.15) is 22.3 Å². The number of carbonyl (C=O) groups excluding carboxylic acids is 1. The van der Waals surface area contributed by atoms with E-state index in [4.69, 9.17) is 4.74 Å². The number of fused-ring (bicyclic) bond motifs is 2. The van der Waals surface area contributed by atoms with E-state index in [0.29, 0.717) is 6.61 Å². The van der Waals surface area contributed by atoms with Crippen molar-refractivity contribution in [1.82, 2.24) is 4.57 Å². The highest BCUT2D eigenvalue weighted by atomic mass is 16.5. The van der Waals surface area contributed by atoms with Crippen LogP contribution in [0.15, 0.2) is 72.9 Å². The third-order valence-electron chi connectivity index (χ3n) is 6.29. The summed E-state index contributed by atoms with van der Waals surface area (Å²) in [6.45, 7) is 5.50. The highest BCUT2D eigenvalue weighted by Gasteiger charge is 2.29. The SMILES string of the molecule is Cc1ccc(OCCn2cc(C=C3C(=O)N(C)c4ccccc43)c3ccccc32)cc1C. The van der Waals surface area contributed by atoms with Crippen LogP contribution in [0.5, 0.6) is 5.75 Å². The molecule has 5 rings (SSSR count). The quantitative estimate of drug-likeness (QED) is 0.378. The van der Waals surface area contributed by atoms with Gasteiger partial charge in [0.25, 0.3) is 5.91 Å². The topological polar surface area (TPSA) is 34.5 Å². The molecule has 0 spiro atoms. The molecule has 3 aromatic carbocycles. The lowest BCUT2D eigenvalue weighted by Crippen LogP contribution is -2.20. The van der Waals surface area contributed by atoms with E-state index in [-0.39, 0.29) is 5.91 Å². The van der Waals surface area contributed by atoms with Crippen molar-refractivity contribution in [2.24, 2.45) is 0 Å². The Morgan fingerprint density at radius 2 is 1.72 bits per heavy atom. The lowest BCUT2D eigenvalue weighted by Gasteiger charge is -2.10. The Labute approximate surface area is 188 Å². The fourth-order valence-corrected chi connectivity index (χ4v) is 4.33. The van der Waals surface area contributed by atoms with Crippen LogP contribution in [-0.4, -0.2) is 24.1 Å². The van der Waals surface area contributed by atoms with Crippen molar-refractivity contribution in [3.63, 3.8) is 0 Å². The van der Waals surface area contributed by atoms with Crippen molar-refractivity contribution in [2.75, 3.05) is 18.6 Å². The molecule has 0 unspecified atom stereocenters. The number of carbonyl (C=O) groups is 1. The fraction of sp³-hybridized carbons (Fsp3) is 0.179. The predicted octanol–water partition coefficient (Wildman–Crippen LogP) is 5.85. The number of rotatable bonds is 5. The Kier molecular flexibility index (Phi) is 5.06. The van der Waals surface area contributed by atoms with Gasteiger partial charge in [-0.1, -0.05) is 42.5 Å². The number of hydrogen-bond acceptors (Lipinski definition) is 2. The summed E-state index contributed by atoms with van der Waals surface area (Å²) in [7, 11) is 1.83.